The van der Waals surface area contributed by atoms with Gasteiger partial charge in [-0.2, -0.15) is 0 Å². The summed E-state index contributed by atoms with van der Waals surface area (Å²) in [7, 11) is 0. The number of carbonyl (C=O) groups is 1. The van der Waals surface area contributed by atoms with Crippen LogP contribution in [0.5, 0.6) is 0 Å². The Balaban J connectivity index is 1.95. The van der Waals surface area contributed by atoms with Gasteiger partial charge >= 0.3 is 0 Å². The van der Waals surface area contributed by atoms with Gasteiger partial charge in [0.05, 0.1) is 0 Å². The Labute approximate surface area is 128 Å². The minimum absolute atomic E-state index is 0.0706. The molecule has 2 nitrogen and oxygen atoms in total. The topological polar surface area (TPSA) is 20.3 Å². The van der Waals surface area contributed by atoms with Crippen molar-refractivity contribution < 1.29 is 4.79 Å². The summed E-state index contributed by atoms with van der Waals surface area (Å²) in [4.78, 5) is 14.4. The molecular formula is C19H27NO. The average Bonchev–Trinajstić information content (AvgIpc) is 2.47. The summed E-state index contributed by atoms with van der Waals surface area (Å²) in [6.07, 6.45) is 2.40. The van der Waals surface area contributed by atoms with Crippen LogP contribution in [0.4, 0.5) is 0 Å². The molecule has 0 aromatic heterocycles. The Morgan fingerprint density at radius 1 is 1.24 bits per heavy atom. The highest BCUT2D eigenvalue weighted by atomic mass is 16.1. The number of Topliss-reactive ketones (excluding diaryl/α,β-unsaturated/α-hetero) is 1. The molecule has 1 aromatic carbocycles. The van der Waals surface area contributed by atoms with Crippen LogP contribution in [0, 0.1) is 5.92 Å². The largest absolute Gasteiger partial charge is 0.299 e. The van der Waals surface area contributed by atoms with Gasteiger partial charge in [0.1, 0.15) is 0 Å². The van der Waals surface area contributed by atoms with Crippen LogP contribution in [0.15, 0.2) is 36.4 Å². The van der Waals surface area contributed by atoms with E-state index >= 15 is 0 Å². The lowest BCUT2D eigenvalue weighted by Gasteiger charge is -2.32. The van der Waals surface area contributed by atoms with Crippen LogP contribution >= 0.6 is 0 Å². The smallest absolute Gasteiger partial charge is 0.165 e. The maximum absolute atomic E-state index is 12.0. The third-order valence-electron chi connectivity index (χ3n) is 4.27. The van der Waals surface area contributed by atoms with Gasteiger partial charge in [-0.3, -0.25) is 9.69 Å². The molecule has 1 aliphatic rings. The first-order chi connectivity index (χ1) is 9.97. The zero-order valence-electron chi connectivity index (χ0n) is 13.6. The van der Waals surface area contributed by atoms with E-state index in [-0.39, 0.29) is 11.7 Å². The predicted molar refractivity (Wildman–Crippen MR) is 88.8 cm³/mol. The second-order valence-corrected chi connectivity index (χ2v) is 6.65. The van der Waals surface area contributed by atoms with E-state index in [9.17, 15) is 4.79 Å². The average molecular weight is 285 g/mol. The fourth-order valence-electron chi connectivity index (χ4n) is 3.06. The molecule has 0 spiro atoms. The molecule has 1 aliphatic heterocycles. The van der Waals surface area contributed by atoms with E-state index in [4.69, 9.17) is 0 Å². The number of likely N-dealkylation sites (tertiary alicyclic amines) is 1. The Hall–Kier alpha value is -1.41. The summed E-state index contributed by atoms with van der Waals surface area (Å²) in [6.45, 7) is 13.3. The molecule has 2 rings (SSSR count). The number of hydrogen-bond donors (Lipinski definition) is 0. The minimum atomic E-state index is 0.0706. The van der Waals surface area contributed by atoms with Crippen LogP contribution in [0.3, 0.4) is 0 Å². The first kappa shape index (κ1) is 16.0. The molecule has 2 heteroatoms. The molecule has 0 aliphatic carbocycles. The van der Waals surface area contributed by atoms with Crippen molar-refractivity contribution in [1.82, 2.24) is 4.90 Å². The number of nitrogens with zero attached hydrogens (tertiary/aromatic N) is 1. The Bertz CT molecular complexity index is 493. The van der Waals surface area contributed by atoms with Crippen molar-refractivity contribution in [3.63, 3.8) is 0 Å². The number of benzene rings is 1. The van der Waals surface area contributed by atoms with Gasteiger partial charge in [-0.05, 0) is 44.3 Å². The highest BCUT2D eigenvalue weighted by Gasteiger charge is 2.20. The fraction of sp³-hybridized carbons (Fsp3) is 0.526. The summed E-state index contributed by atoms with van der Waals surface area (Å²) in [5, 5.41) is 0. The molecule has 1 heterocycles. The lowest BCUT2D eigenvalue weighted by atomic mass is 9.88. The number of hydrogen-bond acceptors (Lipinski definition) is 2. The Morgan fingerprint density at radius 3 is 2.29 bits per heavy atom. The highest BCUT2D eigenvalue weighted by Crippen LogP contribution is 2.28. The summed E-state index contributed by atoms with van der Waals surface area (Å²) in [6, 6.07) is 8.29. The second kappa shape index (κ2) is 7.04. The van der Waals surface area contributed by atoms with Crippen LogP contribution in [0.1, 0.15) is 55.5 Å². The molecule has 0 bridgehead atoms. The molecule has 21 heavy (non-hydrogen) atoms. The van der Waals surface area contributed by atoms with E-state index < -0.39 is 0 Å². The molecule has 114 valence electrons. The normalized spacial score (nSPS) is 17.1. The quantitative estimate of drug-likeness (QED) is 0.594. The SMILES string of the molecule is C=C(C)CN1CCC(c2ccc(C(=O)C(C)C)cc2)CC1. The Kier molecular flexibility index (Phi) is 5.35. The van der Waals surface area contributed by atoms with Gasteiger partial charge < -0.3 is 0 Å². The molecule has 0 saturated carbocycles. The van der Waals surface area contributed by atoms with Gasteiger partial charge in [-0.15, -0.1) is 0 Å². The van der Waals surface area contributed by atoms with Gasteiger partial charge in [0.25, 0.3) is 0 Å². The van der Waals surface area contributed by atoms with Crippen molar-refractivity contribution in [3.05, 3.63) is 47.5 Å². The Morgan fingerprint density at radius 2 is 1.81 bits per heavy atom. The lowest BCUT2D eigenvalue weighted by Crippen LogP contribution is -2.33. The van der Waals surface area contributed by atoms with Gasteiger partial charge in [0, 0.05) is 18.0 Å². The van der Waals surface area contributed by atoms with Crippen LogP contribution in [0.25, 0.3) is 0 Å². The van der Waals surface area contributed by atoms with E-state index in [1.165, 1.54) is 24.0 Å². The molecular weight excluding hydrogens is 258 g/mol. The first-order valence-corrected chi connectivity index (χ1v) is 7.98. The predicted octanol–water partition coefficient (Wildman–Crippen LogP) is 4.28. The lowest BCUT2D eigenvalue weighted by molar-refractivity contribution is 0.0939. The van der Waals surface area contributed by atoms with Crippen molar-refractivity contribution >= 4 is 5.78 Å². The molecule has 0 amide bonds. The van der Waals surface area contributed by atoms with E-state index in [1.807, 2.05) is 26.0 Å². The van der Waals surface area contributed by atoms with Crippen molar-refractivity contribution in [2.24, 2.45) is 5.92 Å². The number of rotatable bonds is 5. The number of piperidine rings is 1. The third-order valence-corrected chi connectivity index (χ3v) is 4.27. The monoisotopic (exact) mass is 285 g/mol. The second-order valence-electron chi connectivity index (χ2n) is 6.65. The summed E-state index contributed by atoms with van der Waals surface area (Å²) in [5.74, 6) is 0.939. The van der Waals surface area contributed by atoms with Crippen molar-refractivity contribution in [1.29, 1.82) is 0 Å². The van der Waals surface area contributed by atoms with Crippen molar-refractivity contribution in [2.75, 3.05) is 19.6 Å². The van der Waals surface area contributed by atoms with Crippen molar-refractivity contribution in [2.45, 2.75) is 39.5 Å². The molecule has 1 saturated heterocycles. The molecule has 0 N–H and O–H groups in total. The fourth-order valence-corrected chi connectivity index (χ4v) is 3.06. The first-order valence-electron chi connectivity index (χ1n) is 7.98. The van der Waals surface area contributed by atoms with E-state index in [0.29, 0.717) is 5.92 Å². The maximum atomic E-state index is 12.0. The summed E-state index contributed by atoms with van der Waals surface area (Å²) >= 11 is 0. The molecule has 0 unspecified atom stereocenters. The van der Waals surface area contributed by atoms with Gasteiger partial charge in [-0.25, -0.2) is 0 Å². The van der Waals surface area contributed by atoms with Gasteiger partial charge in [-0.1, -0.05) is 50.3 Å². The standard InChI is InChI=1S/C19H27NO/c1-14(2)13-20-11-9-17(10-12-20)16-5-7-18(8-6-16)19(21)15(3)4/h5-8,15,17H,1,9-13H2,2-4H3. The summed E-state index contributed by atoms with van der Waals surface area (Å²) in [5.41, 5.74) is 3.46. The van der Waals surface area contributed by atoms with Crippen molar-refractivity contribution in [3.8, 4) is 0 Å². The molecule has 0 radical (unpaired) electrons. The van der Waals surface area contributed by atoms with E-state index in [1.54, 1.807) is 0 Å². The molecule has 1 fully saturated rings. The molecule has 1 aromatic rings. The zero-order valence-corrected chi connectivity index (χ0v) is 13.6. The summed E-state index contributed by atoms with van der Waals surface area (Å²) < 4.78 is 0. The van der Waals surface area contributed by atoms with E-state index in [0.717, 1.165) is 25.2 Å². The van der Waals surface area contributed by atoms with Crippen LogP contribution in [-0.4, -0.2) is 30.3 Å². The maximum Gasteiger partial charge on any atom is 0.165 e. The van der Waals surface area contributed by atoms with Crippen LogP contribution < -0.4 is 0 Å². The number of carbonyl (C=O) groups excluding carboxylic acids is 1. The van der Waals surface area contributed by atoms with Crippen LogP contribution in [0.2, 0.25) is 0 Å². The van der Waals surface area contributed by atoms with E-state index in [2.05, 4.69) is 30.5 Å². The van der Waals surface area contributed by atoms with Gasteiger partial charge in [0.15, 0.2) is 5.78 Å². The number of ketones is 1. The third kappa shape index (κ3) is 4.28. The van der Waals surface area contributed by atoms with Crippen LogP contribution in [-0.2, 0) is 0 Å². The molecule has 0 atom stereocenters. The van der Waals surface area contributed by atoms with Gasteiger partial charge in [0.2, 0.25) is 0 Å². The highest BCUT2D eigenvalue weighted by molar-refractivity contribution is 5.97. The minimum Gasteiger partial charge on any atom is -0.299 e. The zero-order chi connectivity index (χ0) is 15.4.